The van der Waals surface area contributed by atoms with Crippen LogP contribution in [0.3, 0.4) is 0 Å². The Morgan fingerprint density at radius 2 is 1.74 bits per heavy atom. The zero-order chi connectivity index (χ0) is 14.4. The van der Waals surface area contributed by atoms with Crippen molar-refractivity contribution in [3.63, 3.8) is 0 Å². The van der Waals surface area contributed by atoms with E-state index in [1.54, 1.807) is 0 Å². The third kappa shape index (κ3) is 5.28. The van der Waals surface area contributed by atoms with Crippen LogP contribution >= 0.6 is 0 Å². The van der Waals surface area contributed by atoms with Crippen molar-refractivity contribution >= 4 is 0 Å². The van der Waals surface area contributed by atoms with E-state index < -0.39 is 6.36 Å². The molecule has 1 saturated carbocycles. The molecule has 0 radical (unpaired) electrons. The molecule has 1 rings (SSSR count). The summed E-state index contributed by atoms with van der Waals surface area (Å²) >= 11 is 0. The van der Waals surface area contributed by atoms with E-state index in [0.29, 0.717) is 13.1 Å². The quantitative estimate of drug-likeness (QED) is 0.761. The van der Waals surface area contributed by atoms with Gasteiger partial charge in [-0.1, -0.05) is 32.6 Å². The fourth-order valence-corrected chi connectivity index (χ4v) is 3.04. The van der Waals surface area contributed by atoms with Crippen LogP contribution in [-0.4, -0.2) is 43.0 Å². The number of nitrogens with two attached hydrogens (primary N) is 1. The second-order valence-corrected chi connectivity index (χ2v) is 5.22. The Hall–Kier alpha value is -0.330. The number of rotatable bonds is 6. The summed E-state index contributed by atoms with van der Waals surface area (Å²) in [6.07, 6.45) is 2.00. The Bertz CT molecular complexity index is 251. The van der Waals surface area contributed by atoms with Gasteiger partial charge in [-0.3, -0.25) is 9.64 Å². The molecule has 0 spiro atoms. The fraction of sp³-hybridized carbons (Fsp3) is 1.00. The molecule has 1 aliphatic rings. The predicted molar refractivity (Wildman–Crippen MR) is 68.7 cm³/mol. The molecule has 6 heteroatoms. The van der Waals surface area contributed by atoms with E-state index in [1.165, 1.54) is 12.8 Å². The molecule has 0 amide bonds. The van der Waals surface area contributed by atoms with E-state index in [-0.39, 0.29) is 18.7 Å². The number of alkyl halides is 3. The molecule has 0 aromatic rings. The van der Waals surface area contributed by atoms with Crippen molar-refractivity contribution in [3.8, 4) is 0 Å². The van der Waals surface area contributed by atoms with Gasteiger partial charge in [-0.25, -0.2) is 0 Å². The van der Waals surface area contributed by atoms with Crippen molar-refractivity contribution in [1.29, 1.82) is 0 Å². The second kappa shape index (κ2) is 7.45. The minimum Gasteiger partial charge on any atom is -0.329 e. The smallest absolute Gasteiger partial charge is 0.329 e. The molecular formula is C13H25F3N2O. The molecule has 0 unspecified atom stereocenters. The van der Waals surface area contributed by atoms with E-state index in [4.69, 9.17) is 5.73 Å². The molecule has 1 aliphatic carbocycles. The molecule has 0 aromatic carbocycles. The summed E-state index contributed by atoms with van der Waals surface area (Å²) in [7, 11) is 0. The zero-order valence-electron chi connectivity index (χ0n) is 11.6. The van der Waals surface area contributed by atoms with Crippen molar-refractivity contribution in [2.24, 2.45) is 5.73 Å². The first-order chi connectivity index (χ1) is 8.93. The molecular weight excluding hydrogens is 257 g/mol. The van der Waals surface area contributed by atoms with Gasteiger partial charge in [0.15, 0.2) is 0 Å². The number of ether oxygens (including phenoxy) is 1. The molecule has 2 N–H and O–H groups in total. The van der Waals surface area contributed by atoms with Crippen LogP contribution in [0.5, 0.6) is 0 Å². The van der Waals surface area contributed by atoms with E-state index in [9.17, 15) is 13.2 Å². The highest BCUT2D eigenvalue weighted by atomic mass is 19.4. The molecule has 0 bridgehead atoms. The van der Waals surface area contributed by atoms with E-state index in [2.05, 4.69) is 9.64 Å². The van der Waals surface area contributed by atoms with Crippen LogP contribution in [0.1, 0.15) is 45.4 Å². The van der Waals surface area contributed by atoms with Gasteiger partial charge < -0.3 is 5.73 Å². The second-order valence-electron chi connectivity index (χ2n) is 5.22. The Morgan fingerprint density at radius 3 is 2.16 bits per heavy atom. The van der Waals surface area contributed by atoms with Gasteiger partial charge in [0.25, 0.3) is 0 Å². The maximum atomic E-state index is 12.0. The lowest BCUT2D eigenvalue weighted by Gasteiger charge is -2.42. The number of hydrogen-bond donors (Lipinski definition) is 1. The molecule has 0 heterocycles. The van der Waals surface area contributed by atoms with Gasteiger partial charge >= 0.3 is 6.36 Å². The molecule has 0 atom stereocenters. The number of hydrogen-bond acceptors (Lipinski definition) is 3. The summed E-state index contributed by atoms with van der Waals surface area (Å²) in [5, 5.41) is 0. The first kappa shape index (κ1) is 16.7. The van der Waals surface area contributed by atoms with Crippen LogP contribution in [0, 0.1) is 0 Å². The molecule has 1 fully saturated rings. The lowest BCUT2D eigenvalue weighted by molar-refractivity contribution is -0.325. The number of halogens is 3. The van der Waals surface area contributed by atoms with Crippen molar-refractivity contribution in [2.45, 2.75) is 57.3 Å². The molecule has 0 saturated heterocycles. The van der Waals surface area contributed by atoms with Crippen LogP contribution in [0.15, 0.2) is 0 Å². The standard InChI is InChI=1S/C13H25F3N2O/c1-2-18(9-10-19-13(14,15)16)12(11-17)7-5-3-4-6-8-12/h2-11,17H2,1H3. The maximum Gasteiger partial charge on any atom is 0.522 e. The molecule has 19 heavy (non-hydrogen) atoms. The van der Waals surface area contributed by atoms with Gasteiger partial charge in [0.2, 0.25) is 0 Å². The van der Waals surface area contributed by atoms with Crippen LogP contribution in [0.4, 0.5) is 13.2 Å². The highest BCUT2D eigenvalue weighted by Crippen LogP contribution is 2.31. The van der Waals surface area contributed by atoms with E-state index in [1.807, 2.05) is 6.92 Å². The number of likely N-dealkylation sites (N-methyl/N-ethyl adjacent to an activating group) is 1. The van der Waals surface area contributed by atoms with Gasteiger partial charge in [0.1, 0.15) is 0 Å². The molecule has 114 valence electrons. The topological polar surface area (TPSA) is 38.5 Å². The summed E-state index contributed by atoms with van der Waals surface area (Å²) < 4.78 is 40.0. The van der Waals surface area contributed by atoms with Gasteiger partial charge in [-0.05, 0) is 19.4 Å². The summed E-state index contributed by atoms with van der Waals surface area (Å²) in [6, 6.07) is 0. The fourth-order valence-electron chi connectivity index (χ4n) is 3.04. The van der Waals surface area contributed by atoms with E-state index in [0.717, 1.165) is 25.7 Å². The average molecular weight is 282 g/mol. The summed E-state index contributed by atoms with van der Waals surface area (Å²) in [5.74, 6) is 0. The predicted octanol–water partition coefficient (Wildman–Crippen LogP) is 2.90. The number of nitrogens with zero attached hydrogens (tertiary/aromatic N) is 1. The minimum atomic E-state index is -4.54. The summed E-state index contributed by atoms with van der Waals surface area (Å²) in [6.45, 7) is 3.15. The Balaban J connectivity index is 2.58. The average Bonchev–Trinajstić information content (AvgIpc) is 2.59. The minimum absolute atomic E-state index is 0.139. The van der Waals surface area contributed by atoms with Gasteiger partial charge in [-0.2, -0.15) is 0 Å². The molecule has 0 aromatic heterocycles. The Labute approximate surface area is 113 Å². The highest BCUT2D eigenvalue weighted by Gasteiger charge is 2.36. The SMILES string of the molecule is CCN(CCOC(F)(F)F)C1(CN)CCCCCC1. The largest absolute Gasteiger partial charge is 0.522 e. The van der Waals surface area contributed by atoms with Crippen LogP contribution in [0.2, 0.25) is 0 Å². The van der Waals surface area contributed by atoms with Gasteiger partial charge in [0, 0.05) is 18.6 Å². The van der Waals surface area contributed by atoms with Crippen molar-refractivity contribution < 1.29 is 17.9 Å². The van der Waals surface area contributed by atoms with Crippen molar-refractivity contribution in [3.05, 3.63) is 0 Å². The van der Waals surface area contributed by atoms with Crippen molar-refractivity contribution in [2.75, 3.05) is 26.2 Å². The Kier molecular flexibility index (Phi) is 6.56. The van der Waals surface area contributed by atoms with Crippen molar-refractivity contribution in [1.82, 2.24) is 4.90 Å². The lowest BCUT2D eigenvalue weighted by Crippen LogP contribution is -2.54. The highest BCUT2D eigenvalue weighted by molar-refractivity contribution is 4.92. The van der Waals surface area contributed by atoms with Crippen LogP contribution in [-0.2, 0) is 4.74 Å². The third-order valence-corrected chi connectivity index (χ3v) is 4.09. The van der Waals surface area contributed by atoms with Gasteiger partial charge in [0.05, 0.1) is 6.61 Å². The summed E-state index contributed by atoms with van der Waals surface area (Å²) in [4.78, 5) is 2.07. The molecule has 0 aliphatic heterocycles. The monoisotopic (exact) mass is 282 g/mol. The van der Waals surface area contributed by atoms with E-state index >= 15 is 0 Å². The zero-order valence-corrected chi connectivity index (χ0v) is 11.6. The first-order valence-electron chi connectivity index (χ1n) is 7.09. The molecule has 3 nitrogen and oxygen atoms in total. The van der Waals surface area contributed by atoms with Crippen LogP contribution < -0.4 is 5.73 Å². The lowest BCUT2D eigenvalue weighted by atomic mass is 9.88. The summed E-state index contributed by atoms with van der Waals surface area (Å²) in [5.41, 5.74) is 5.80. The first-order valence-corrected chi connectivity index (χ1v) is 7.09. The Morgan fingerprint density at radius 1 is 1.16 bits per heavy atom. The van der Waals surface area contributed by atoms with Crippen LogP contribution in [0.25, 0.3) is 0 Å². The van der Waals surface area contributed by atoms with Gasteiger partial charge in [-0.15, -0.1) is 13.2 Å². The third-order valence-electron chi connectivity index (χ3n) is 4.09. The maximum absolute atomic E-state index is 12.0. The normalized spacial score (nSPS) is 20.5.